The van der Waals surface area contributed by atoms with Crippen LogP contribution >= 0.6 is 0 Å². The molecule has 4 aromatic heterocycles. The molecule has 0 unspecified atom stereocenters. The average molecular weight is 958 g/mol. The predicted molar refractivity (Wildman–Crippen MR) is 263 cm³/mol. The maximum absolute atomic E-state index is 14.5. The van der Waals surface area contributed by atoms with Crippen LogP contribution in [-0.2, 0) is 0 Å². The molecule has 2 aromatic carbocycles. The highest BCUT2D eigenvalue weighted by molar-refractivity contribution is 5.96. The average Bonchev–Trinajstić information content (AvgIpc) is 4.05. The zero-order valence-electron chi connectivity index (χ0n) is 39.1. The first-order valence-corrected chi connectivity index (χ1v) is 22.8. The van der Waals surface area contributed by atoms with E-state index < -0.39 is 17.6 Å². The lowest BCUT2D eigenvalue weighted by atomic mass is 9.96. The van der Waals surface area contributed by atoms with Crippen LogP contribution in [0.1, 0.15) is 99.0 Å². The van der Waals surface area contributed by atoms with E-state index in [1.807, 2.05) is 41.7 Å². The second-order valence-electron chi connectivity index (χ2n) is 17.0. The van der Waals surface area contributed by atoms with Gasteiger partial charge in [-0.1, -0.05) is 57.7 Å². The normalized spacial score (nSPS) is 15.0. The standard InChI is InChI=1S/C25H28FN7O.C20H21FN6O2.C4H8N2.CH4/c1-3-17(13-27)12-23(34)18-4-6-19(7-5-18)24-22(26)15-28-25(31-24)30-20-14-29-33(16-20)21-8-10-32(2)11-9-21;1-26-8-6-16(7-9-26)27-12-15(10-23-27)24-20-22-11-17(21)18(25-20)13-2-4-14(5-3-13)19(28)29;1-2-4(6)3-5;/h4-7,14-17,21H,3,8-12H2,1-2H3,(H,28,30,31);2-5,10-12,16H,6-9H2,1H3,(H,28,29)(H,22,24,25);4H,2,6H2,1H3;1H4/t17-;;4-;/m1.0./s1. The molecule has 0 spiro atoms. The molecule has 0 amide bonds. The highest BCUT2D eigenvalue weighted by Crippen LogP contribution is 2.28. The molecule has 2 fully saturated rings. The third-order valence-corrected chi connectivity index (χ3v) is 11.9. The number of rotatable bonds is 14. The van der Waals surface area contributed by atoms with Gasteiger partial charge in [0.05, 0.1) is 77.9 Å². The van der Waals surface area contributed by atoms with E-state index in [0.717, 1.165) is 82.1 Å². The molecule has 2 atom stereocenters. The lowest BCUT2D eigenvalue weighted by molar-refractivity contribution is 0.0696. The number of anilines is 4. The van der Waals surface area contributed by atoms with E-state index in [9.17, 15) is 18.4 Å². The molecule has 2 aliphatic rings. The number of nitriles is 2. The zero-order chi connectivity index (χ0) is 49.5. The summed E-state index contributed by atoms with van der Waals surface area (Å²) in [6.45, 7) is 7.93. The van der Waals surface area contributed by atoms with Gasteiger partial charge < -0.3 is 31.3 Å². The number of carbonyl (C=O) groups excluding carboxylic acids is 1. The molecule has 20 heteroatoms. The van der Waals surface area contributed by atoms with E-state index in [1.54, 1.807) is 36.7 Å². The number of hydrogen-bond acceptors (Lipinski definition) is 15. The Morgan fingerprint density at radius 1 is 0.714 bits per heavy atom. The number of carbonyl (C=O) groups is 2. The van der Waals surface area contributed by atoms with Crippen LogP contribution in [0.15, 0.2) is 85.7 Å². The van der Waals surface area contributed by atoms with Crippen molar-refractivity contribution in [2.24, 2.45) is 11.7 Å². The number of carboxylic acids is 1. The summed E-state index contributed by atoms with van der Waals surface area (Å²) in [4.78, 5) is 44.7. The van der Waals surface area contributed by atoms with Gasteiger partial charge in [0.15, 0.2) is 17.4 Å². The summed E-state index contributed by atoms with van der Waals surface area (Å²) in [5.74, 6) is -2.08. The first kappa shape index (κ1) is 53.4. The fraction of sp³-hybridized carbons (Fsp3) is 0.400. The number of Topliss-reactive ketones (excluding diaryl/α,β-unsaturated/α-hetero) is 1. The van der Waals surface area contributed by atoms with E-state index >= 15 is 0 Å². The van der Waals surface area contributed by atoms with Crippen molar-refractivity contribution < 1.29 is 23.5 Å². The molecule has 2 saturated heterocycles. The molecule has 2 aliphatic heterocycles. The number of likely N-dealkylation sites (tertiary alicyclic amines) is 2. The van der Waals surface area contributed by atoms with Gasteiger partial charge in [-0.05, 0) is 90.9 Å². The number of carboxylic acid groups (broad SMARTS) is 1. The molecule has 6 aromatic rings. The Bertz CT molecular complexity index is 2720. The van der Waals surface area contributed by atoms with E-state index in [1.165, 1.54) is 24.3 Å². The highest BCUT2D eigenvalue weighted by atomic mass is 19.1. The Labute approximate surface area is 407 Å². The third kappa shape index (κ3) is 14.7. The molecule has 5 N–H and O–H groups in total. The summed E-state index contributed by atoms with van der Waals surface area (Å²) in [6, 6.07) is 17.0. The number of nitrogens with two attached hydrogens (primary N) is 1. The van der Waals surface area contributed by atoms with E-state index in [2.05, 4.69) is 70.7 Å². The maximum atomic E-state index is 14.5. The Balaban J connectivity index is 0.000000233. The van der Waals surface area contributed by atoms with Gasteiger partial charge >= 0.3 is 5.97 Å². The topological polar surface area (TPSA) is 246 Å². The van der Waals surface area contributed by atoms with Crippen molar-refractivity contribution in [3.63, 3.8) is 0 Å². The third-order valence-electron chi connectivity index (χ3n) is 11.9. The van der Waals surface area contributed by atoms with Crippen molar-refractivity contribution in [1.29, 1.82) is 10.5 Å². The lowest BCUT2D eigenvalue weighted by Gasteiger charge is -2.28. The SMILES string of the molecule is C.CC[C@@H](C#N)CC(=O)c1ccc(-c2nc(Nc3cnn(C4CCN(C)CC4)c3)ncc2F)cc1.CC[C@H](N)C#N.CN1CCC(n2cc(Nc3ncc(F)c(-c4ccc(C(=O)O)cc4)n3)cn2)CC1. The Morgan fingerprint density at radius 3 is 1.50 bits per heavy atom. The first-order chi connectivity index (χ1) is 33.3. The Hall–Kier alpha value is -7.52. The molecular weight excluding hydrogens is 897 g/mol. The molecule has 18 nitrogen and oxygen atoms in total. The number of benzene rings is 2. The molecule has 368 valence electrons. The van der Waals surface area contributed by atoms with Crippen LogP contribution in [-0.4, -0.2) is 112 Å². The summed E-state index contributed by atoms with van der Waals surface area (Å²) in [5.41, 5.74) is 8.44. The van der Waals surface area contributed by atoms with Gasteiger partial charge in [0.25, 0.3) is 0 Å². The first-order valence-electron chi connectivity index (χ1n) is 22.8. The molecule has 8 rings (SSSR count). The van der Waals surface area contributed by atoms with Crippen molar-refractivity contribution in [2.75, 3.05) is 50.9 Å². The number of hydrogen-bond donors (Lipinski definition) is 4. The monoisotopic (exact) mass is 958 g/mol. The molecule has 0 radical (unpaired) electrons. The van der Waals surface area contributed by atoms with Gasteiger partial charge in [-0.2, -0.15) is 20.7 Å². The van der Waals surface area contributed by atoms with Crippen molar-refractivity contribution in [2.45, 2.75) is 84.3 Å². The van der Waals surface area contributed by atoms with Gasteiger partial charge in [-0.3, -0.25) is 14.2 Å². The van der Waals surface area contributed by atoms with Crippen molar-refractivity contribution >= 4 is 35.0 Å². The van der Waals surface area contributed by atoms with Gasteiger partial charge in [0.1, 0.15) is 11.4 Å². The molecular formula is C50H61F2N15O3. The number of piperidine rings is 2. The minimum atomic E-state index is -1.04. The smallest absolute Gasteiger partial charge is 0.335 e. The summed E-state index contributed by atoms with van der Waals surface area (Å²) in [5, 5.41) is 41.1. The number of nitrogens with zero attached hydrogens (tertiary/aromatic N) is 12. The van der Waals surface area contributed by atoms with Gasteiger partial charge in [-0.25, -0.2) is 33.5 Å². The van der Waals surface area contributed by atoms with Crippen LogP contribution in [0.3, 0.4) is 0 Å². The molecule has 6 heterocycles. The number of aromatic carboxylic acids is 1. The van der Waals surface area contributed by atoms with Crippen molar-refractivity contribution in [1.82, 2.24) is 49.3 Å². The Morgan fingerprint density at radius 2 is 1.14 bits per heavy atom. The van der Waals surface area contributed by atoms with Crippen LogP contribution in [0.5, 0.6) is 0 Å². The second kappa shape index (κ2) is 25.7. The number of nitrogens with one attached hydrogen (secondary N) is 2. The second-order valence-corrected chi connectivity index (χ2v) is 17.0. The van der Waals surface area contributed by atoms with Crippen LogP contribution in [0.4, 0.5) is 32.1 Å². The maximum Gasteiger partial charge on any atom is 0.335 e. The van der Waals surface area contributed by atoms with E-state index in [-0.39, 0.29) is 60.4 Å². The van der Waals surface area contributed by atoms with Crippen LogP contribution in [0.25, 0.3) is 22.5 Å². The van der Waals surface area contributed by atoms with Crippen molar-refractivity contribution in [3.05, 3.63) is 108 Å². The molecule has 70 heavy (non-hydrogen) atoms. The van der Waals surface area contributed by atoms with E-state index in [4.69, 9.17) is 21.4 Å². The summed E-state index contributed by atoms with van der Waals surface area (Å²) < 4.78 is 32.7. The summed E-state index contributed by atoms with van der Waals surface area (Å²) in [6.07, 6.45) is 15.2. The fourth-order valence-electron chi connectivity index (χ4n) is 7.54. The molecule has 0 saturated carbocycles. The van der Waals surface area contributed by atoms with Crippen molar-refractivity contribution in [3.8, 4) is 34.7 Å². The lowest BCUT2D eigenvalue weighted by Crippen LogP contribution is -2.31. The summed E-state index contributed by atoms with van der Waals surface area (Å²) in [7, 11) is 4.24. The summed E-state index contributed by atoms with van der Waals surface area (Å²) >= 11 is 0. The molecule has 0 aliphatic carbocycles. The van der Waals surface area contributed by atoms with Gasteiger partial charge in [-0.15, -0.1) is 0 Å². The minimum absolute atomic E-state index is 0. The quantitative estimate of drug-likeness (QED) is 0.0746. The minimum Gasteiger partial charge on any atom is -0.478 e. The zero-order valence-corrected chi connectivity index (χ0v) is 39.1. The predicted octanol–water partition coefficient (Wildman–Crippen LogP) is 8.68. The number of aromatic nitrogens is 8. The van der Waals surface area contributed by atoms with Gasteiger partial charge in [0.2, 0.25) is 11.9 Å². The number of halogens is 2. The van der Waals surface area contributed by atoms with Crippen LogP contribution in [0, 0.1) is 40.2 Å². The largest absolute Gasteiger partial charge is 0.478 e. The molecule has 0 bridgehead atoms. The van der Waals surface area contributed by atoms with Crippen LogP contribution < -0.4 is 16.4 Å². The highest BCUT2D eigenvalue weighted by Gasteiger charge is 2.21. The fourth-order valence-corrected chi connectivity index (χ4v) is 7.54. The van der Waals surface area contributed by atoms with Crippen LogP contribution in [0.2, 0.25) is 0 Å². The number of ketones is 1. The van der Waals surface area contributed by atoms with E-state index in [0.29, 0.717) is 35.2 Å². The Kier molecular flexibility index (Phi) is 19.6. The van der Waals surface area contributed by atoms with Gasteiger partial charge in [0, 0.05) is 35.5 Å².